The topological polar surface area (TPSA) is 90.6 Å². The molecule has 3 aromatic rings. The molecule has 0 spiro atoms. The smallest absolute Gasteiger partial charge is 0.301 e. The van der Waals surface area contributed by atoms with Crippen molar-refractivity contribution >= 4 is 26.8 Å². The lowest BCUT2D eigenvalue weighted by molar-refractivity contribution is 0.238. The van der Waals surface area contributed by atoms with Gasteiger partial charge in [-0.15, -0.1) is 0 Å². The molecule has 0 saturated carbocycles. The molecule has 34 heavy (non-hydrogen) atoms. The Morgan fingerprint density at radius 2 is 1.85 bits per heavy atom. The highest BCUT2D eigenvalue weighted by molar-refractivity contribution is 7.91. The van der Waals surface area contributed by atoms with E-state index in [2.05, 4.69) is 27.2 Å². The summed E-state index contributed by atoms with van der Waals surface area (Å²) >= 11 is 0. The Bertz CT molecular complexity index is 1340. The summed E-state index contributed by atoms with van der Waals surface area (Å²) in [6, 6.07) is 15.7. The highest BCUT2D eigenvalue weighted by atomic mass is 32.2. The van der Waals surface area contributed by atoms with Crippen LogP contribution in [0.3, 0.4) is 0 Å². The van der Waals surface area contributed by atoms with Gasteiger partial charge in [0.1, 0.15) is 18.4 Å². The van der Waals surface area contributed by atoms with Gasteiger partial charge in [0.25, 0.3) is 0 Å². The fraction of sp³-hybridized carbons (Fsp3) is 0.400. The van der Waals surface area contributed by atoms with Crippen molar-refractivity contribution in [3.05, 3.63) is 48.0 Å². The van der Waals surface area contributed by atoms with Gasteiger partial charge in [-0.25, -0.2) is 0 Å². The number of aromatic nitrogens is 1. The van der Waals surface area contributed by atoms with E-state index in [9.17, 15) is 13.7 Å². The Kier molecular flexibility index (Phi) is 6.21. The van der Waals surface area contributed by atoms with Gasteiger partial charge in [0.15, 0.2) is 0 Å². The van der Waals surface area contributed by atoms with Crippen LogP contribution in [0.1, 0.15) is 25.3 Å². The van der Waals surface area contributed by atoms with Crippen LogP contribution in [0.25, 0.3) is 22.2 Å². The summed E-state index contributed by atoms with van der Waals surface area (Å²) in [5, 5.41) is 10.9. The number of nitrogens with zero attached hydrogens (tertiary/aromatic N) is 4. The van der Waals surface area contributed by atoms with Crippen LogP contribution in [-0.4, -0.2) is 57.2 Å². The summed E-state index contributed by atoms with van der Waals surface area (Å²) in [7, 11) is -3.47. The van der Waals surface area contributed by atoms with Gasteiger partial charge in [0.05, 0.1) is 22.5 Å². The Labute approximate surface area is 200 Å². The zero-order valence-corrected chi connectivity index (χ0v) is 20.1. The number of nitrogens with one attached hydrogen (secondary N) is 1. The second kappa shape index (κ2) is 9.29. The van der Waals surface area contributed by atoms with Gasteiger partial charge in [-0.3, -0.25) is 9.21 Å². The van der Waals surface area contributed by atoms with E-state index < -0.39 is 10.2 Å². The number of rotatable bonds is 7. The van der Waals surface area contributed by atoms with Crippen molar-refractivity contribution in [1.29, 1.82) is 5.26 Å². The normalized spacial score (nSPS) is 17.9. The van der Waals surface area contributed by atoms with Crippen molar-refractivity contribution in [2.45, 2.75) is 26.3 Å². The minimum atomic E-state index is -3.47. The van der Waals surface area contributed by atoms with Crippen LogP contribution >= 0.6 is 0 Å². The molecule has 2 fully saturated rings. The maximum Gasteiger partial charge on any atom is 0.301 e. The van der Waals surface area contributed by atoms with Gasteiger partial charge < -0.3 is 9.30 Å². The third-order valence-corrected chi connectivity index (χ3v) is 8.20. The molecule has 2 aliphatic heterocycles. The number of nitriles is 1. The lowest BCUT2D eigenvalue weighted by atomic mass is 10.1. The molecule has 2 saturated heterocycles. The minimum Gasteiger partial charge on any atom is -0.492 e. The third kappa shape index (κ3) is 4.13. The van der Waals surface area contributed by atoms with Crippen molar-refractivity contribution in [3.63, 3.8) is 0 Å². The molecule has 0 atom stereocenters. The van der Waals surface area contributed by atoms with Crippen LogP contribution in [0.2, 0.25) is 0 Å². The van der Waals surface area contributed by atoms with E-state index in [0.29, 0.717) is 37.5 Å². The van der Waals surface area contributed by atoms with Crippen molar-refractivity contribution in [3.8, 4) is 23.1 Å². The average Bonchev–Trinajstić information content (AvgIpc) is 3.56. The Morgan fingerprint density at radius 1 is 1.09 bits per heavy atom. The van der Waals surface area contributed by atoms with Crippen LogP contribution in [0, 0.1) is 11.3 Å². The number of hydrogen-bond acceptors (Lipinski definition) is 5. The molecule has 9 heteroatoms. The first-order valence-corrected chi connectivity index (χ1v) is 13.2. The van der Waals surface area contributed by atoms with Crippen molar-refractivity contribution in [2.24, 2.45) is 0 Å². The Balaban J connectivity index is 1.46. The summed E-state index contributed by atoms with van der Waals surface area (Å²) in [5.74, 6) is 0.803. The summed E-state index contributed by atoms with van der Waals surface area (Å²) in [6.07, 6.45) is 2.53. The molecule has 0 aliphatic carbocycles. The standard InChI is InChI=1S/C25H29N5O3S/c1-2-29-24-17-21(33-16-15-28-12-3-4-13-28)9-10-22(24)23(18-26)25(29)19-5-7-20(8-6-19)30-14-11-27-34(30,31)32/h5-10,17,27H,2-4,11-16H2,1H3. The molecule has 0 unspecified atom stereocenters. The van der Waals surface area contributed by atoms with Crippen LogP contribution in [0.5, 0.6) is 5.75 Å². The second-order valence-electron chi connectivity index (χ2n) is 8.67. The lowest BCUT2D eigenvalue weighted by Crippen LogP contribution is -2.29. The number of hydrogen-bond donors (Lipinski definition) is 1. The molecule has 178 valence electrons. The quantitative estimate of drug-likeness (QED) is 0.561. The minimum absolute atomic E-state index is 0.398. The lowest BCUT2D eigenvalue weighted by Gasteiger charge is -2.16. The number of likely N-dealkylation sites (tertiary alicyclic amines) is 1. The zero-order valence-electron chi connectivity index (χ0n) is 19.3. The number of fused-ring (bicyclic) bond motifs is 1. The summed E-state index contributed by atoms with van der Waals surface area (Å²) in [6.45, 7) is 7.42. The first-order chi connectivity index (χ1) is 16.5. The fourth-order valence-electron chi connectivity index (χ4n) is 4.99. The molecule has 1 N–H and O–H groups in total. The highest BCUT2D eigenvalue weighted by Gasteiger charge is 2.28. The first-order valence-electron chi connectivity index (χ1n) is 11.8. The summed E-state index contributed by atoms with van der Waals surface area (Å²) in [4.78, 5) is 2.42. The molecule has 0 bridgehead atoms. The van der Waals surface area contributed by atoms with E-state index in [-0.39, 0.29) is 0 Å². The molecule has 8 nitrogen and oxygen atoms in total. The number of ether oxygens (including phenoxy) is 1. The molecule has 3 heterocycles. The van der Waals surface area contributed by atoms with E-state index in [0.717, 1.165) is 47.5 Å². The molecule has 0 radical (unpaired) electrons. The van der Waals surface area contributed by atoms with Gasteiger partial charge in [0.2, 0.25) is 0 Å². The Hall–Kier alpha value is -3.06. The van der Waals surface area contributed by atoms with Crippen LogP contribution in [0.15, 0.2) is 42.5 Å². The molecule has 0 amide bonds. The SMILES string of the molecule is CCn1c(-c2ccc(N3CCNS3(=O)=O)cc2)c(C#N)c2ccc(OCCN3CCCC3)cc21. The highest BCUT2D eigenvalue weighted by Crippen LogP contribution is 2.36. The predicted octanol–water partition coefficient (Wildman–Crippen LogP) is 3.33. The van der Waals surface area contributed by atoms with Gasteiger partial charge in [-0.2, -0.15) is 18.4 Å². The molecule has 1 aromatic heterocycles. The van der Waals surface area contributed by atoms with E-state index >= 15 is 0 Å². The maximum absolute atomic E-state index is 12.2. The van der Waals surface area contributed by atoms with E-state index in [1.54, 1.807) is 12.1 Å². The van der Waals surface area contributed by atoms with Crippen molar-refractivity contribution in [2.75, 3.05) is 43.6 Å². The van der Waals surface area contributed by atoms with Crippen molar-refractivity contribution in [1.82, 2.24) is 14.2 Å². The maximum atomic E-state index is 12.2. The predicted molar refractivity (Wildman–Crippen MR) is 133 cm³/mol. The van der Waals surface area contributed by atoms with Crippen LogP contribution in [-0.2, 0) is 16.8 Å². The number of aryl methyl sites for hydroxylation is 1. The first kappa shape index (κ1) is 22.7. The molecular formula is C25H29N5O3S. The van der Waals surface area contributed by atoms with E-state index in [1.807, 2.05) is 30.3 Å². The fourth-order valence-corrected chi connectivity index (χ4v) is 6.22. The average molecular weight is 480 g/mol. The molecule has 2 aromatic carbocycles. The van der Waals surface area contributed by atoms with Gasteiger partial charge in [-0.05, 0) is 62.7 Å². The molecule has 2 aliphatic rings. The van der Waals surface area contributed by atoms with Gasteiger partial charge in [0, 0.05) is 37.6 Å². The third-order valence-electron chi connectivity index (χ3n) is 6.66. The Morgan fingerprint density at radius 3 is 2.50 bits per heavy atom. The van der Waals surface area contributed by atoms with E-state index in [4.69, 9.17) is 4.74 Å². The largest absolute Gasteiger partial charge is 0.492 e. The summed E-state index contributed by atoms with van der Waals surface area (Å²) in [5.41, 5.74) is 3.90. The number of anilines is 1. The van der Waals surface area contributed by atoms with Crippen LogP contribution < -0.4 is 13.8 Å². The molecule has 5 rings (SSSR count). The monoisotopic (exact) mass is 479 g/mol. The van der Waals surface area contributed by atoms with Gasteiger partial charge in [-0.1, -0.05) is 12.1 Å². The van der Waals surface area contributed by atoms with Gasteiger partial charge >= 0.3 is 10.2 Å². The summed E-state index contributed by atoms with van der Waals surface area (Å²) < 4.78 is 36.4. The number of benzene rings is 2. The van der Waals surface area contributed by atoms with Crippen LogP contribution in [0.4, 0.5) is 5.69 Å². The van der Waals surface area contributed by atoms with E-state index in [1.165, 1.54) is 17.1 Å². The zero-order chi connectivity index (χ0) is 23.7. The second-order valence-corrected chi connectivity index (χ2v) is 10.4. The molecular weight excluding hydrogens is 450 g/mol. The van der Waals surface area contributed by atoms with Crippen molar-refractivity contribution < 1.29 is 13.2 Å².